The molecule has 0 unspecified atom stereocenters. The van der Waals surface area contributed by atoms with Crippen molar-refractivity contribution < 1.29 is 5.11 Å². The van der Waals surface area contributed by atoms with Crippen molar-refractivity contribution in [2.45, 2.75) is 0 Å². The van der Waals surface area contributed by atoms with Gasteiger partial charge in [-0.15, -0.1) is 0 Å². The molecule has 0 aromatic heterocycles. The Morgan fingerprint density at radius 1 is 0.395 bits per heavy atom. The van der Waals surface area contributed by atoms with Gasteiger partial charge in [0.25, 0.3) is 0 Å². The number of benzene rings is 3. The molecule has 2 nitrogen and oxygen atoms in total. The molecule has 0 spiro atoms. The maximum Gasteiger partial charge on any atom is 0.196 e. The van der Waals surface area contributed by atoms with Crippen LogP contribution in [0.2, 0.25) is 70.3 Å². The van der Waals surface area contributed by atoms with E-state index >= 15 is 0 Å². The molecule has 3 aromatic rings. The molecular weight excluding hydrogens is 791 g/mol. The Bertz CT molecular complexity index is 1480. The minimum atomic E-state index is -0.334. The second-order valence-corrected chi connectivity index (χ2v) is 12.8. The fourth-order valence-corrected chi connectivity index (χ4v) is 7.16. The van der Waals surface area contributed by atoms with Gasteiger partial charge in [0.1, 0.15) is 0 Å². The quantitative estimate of drug-likeness (QED) is 0.211. The van der Waals surface area contributed by atoms with E-state index in [1.165, 1.54) is 4.90 Å². The summed E-state index contributed by atoms with van der Waals surface area (Å²) in [4.78, 5) is 1.34. The Hall–Kier alpha value is 1.06. The highest BCUT2D eigenvalue weighted by Gasteiger charge is 2.31. The van der Waals surface area contributed by atoms with Crippen LogP contribution in [0.4, 0.5) is 0 Å². The van der Waals surface area contributed by atoms with E-state index in [-0.39, 0.29) is 103 Å². The molecule has 1 N–H and O–H groups in total. The zero-order valence-electron chi connectivity index (χ0n) is 18.2. The van der Waals surface area contributed by atoms with E-state index in [0.717, 1.165) is 0 Å². The smallest absolute Gasteiger partial charge is 0.196 e. The average molecular weight is 798 g/mol. The van der Waals surface area contributed by atoms with E-state index in [1.807, 2.05) is 0 Å². The van der Waals surface area contributed by atoms with Gasteiger partial charge in [-0.3, -0.25) is 0 Å². The van der Waals surface area contributed by atoms with Crippen LogP contribution in [-0.4, -0.2) is 24.1 Å². The van der Waals surface area contributed by atoms with Crippen molar-refractivity contribution in [2.75, 3.05) is 14.1 Å². The third-order valence-electron chi connectivity index (χ3n) is 5.08. The summed E-state index contributed by atoms with van der Waals surface area (Å²) >= 11 is 91.1. The van der Waals surface area contributed by atoms with E-state index < -0.39 is 0 Å². The molecular formula is C22H7Cl14NO. The first-order valence-electron chi connectivity index (χ1n) is 9.49. The Kier molecular flexibility index (Phi) is 11.3. The maximum absolute atomic E-state index is 10.6. The SMILES string of the molecule is CN(C)C(O)=c1c(Cl)c(Cl)c(=C(c2c(Cl)c(Cl)c(Cl)c(Cl)c2Cl)c2c(Cl)c(Cl)c(Cl)c(Cl)c2Cl)c(Cl)c1Cl. The van der Waals surface area contributed by atoms with Crippen LogP contribution < -0.4 is 10.4 Å². The predicted molar refractivity (Wildman–Crippen MR) is 170 cm³/mol. The molecule has 0 atom stereocenters. The van der Waals surface area contributed by atoms with Crippen LogP contribution in [0.1, 0.15) is 11.1 Å². The molecule has 0 aliphatic heterocycles. The Morgan fingerprint density at radius 3 is 0.895 bits per heavy atom. The van der Waals surface area contributed by atoms with Crippen molar-refractivity contribution in [3.63, 3.8) is 0 Å². The van der Waals surface area contributed by atoms with Gasteiger partial charge in [-0.05, 0) is 0 Å². The lowest BCUT2D eigenvalue weighted by Crippen LogP contribution is -2.26. The molecule has 38 heavy (non-hydrogen) atoms. The minimum absolute atomic E-state index is 0.0647. The summed E-state index contributed by atoms with van der Waals surface area (Å²) in [5.74, 6) is -0.334. The minimum Gasteiger partial charge on any atom is -0.494 e. The van der Waals surface area contributed by atoms with Crippen LogP contribution in [0.25, 0.3) is 11.5 Å². The second kappa shape index (κ2) is 12.7. The molecule has 0 fully saturated rings. The van der Waals surface area contributed by atoms with E-state index in [1.54, 1.807) is 14.1 Å². The molecule has 16 heteroatoms. The topological polar surface area (TPSA) is 23.5 Å². The van der Waals surface area contributed by atoms with Crippen molar-refractivity contribution in [3.8, 4) is 0 Å². The van der Waals surface area contributed by atoms with Crippen molar-refractivity contribution in [2.24, 2.45) is 0 Å². The Labute approximate surface area is 286 Å². The zero-order chi connectivity index (χ0) is 29.1. The summed E-state index contributed by atoms with van der Waals surface area (Å²) in [6, 6.07) is 0. The second-order valence-electron chi connectivity index (χ2n) is 7.49. The van der Waals surface area contributed by atoms with Crippen molar-refractivity contribution in [1.82, 2.24) is 4.90 Å². The molecule has 3 aromatic carbocycles. The first kappa shape index (κ1) is 33.6. The molecule has 0 heterocycles. The van der Waals surface area contributed by atoms with Crippen molar-refractivity contribution >= 4 is 174 Å². The van der Waals surface area contributed by atoms with Gasteiger partial charge >= 0.3 is 0 Å². The third-order valence-corrected chi connectivity index (χ3v) is 11.3. The molecule has 0 saturated carbocycles. The fourth-order valence-electron chi connectivity index (χ4n) is 3.29. The predicted octanol–water partition coefficient (Wildman–Crippen LogP) is 12.3. The lowest BCUT2D eigenvalue weighted by Gasteiger charge is -2.21. The first-order valence-corrected chi connectivity index (χ1v) is 14.8. The standard InChI is InChI=1S/C22H7Cl14NO/c1-37(2)22(38)7-14(29)8(23)4(9(24)15(7)30)3(5-10(25)16(31)20(35)17(32)11(5)26)6-12(27)18(33)21(36)19(34)13(6)28/h38H,1-2H3. The molecule has 0 bridgehead atoms. The van der Waals surface area contributed by atoms with Gasteiger partial charge in [-0.2, -0.15) is 0 Å². The highest BCUT2D eigenvalue weighted by molar-refractivity contribution is 6.58. The van der Waals surface area contributed by atoms with Gasteiger partial charge in [0.2, 0.25) is 0 Å². The summed E-state index contributed by atoms with van der Waals surface area (Å²) < 4.78 is 0. The number of halogens is 14. The largest absolute Gasteiger partial charge is 0.494 e. The molecule has 0 amide bonds. The number of nitrogens with zero attached hydrogens (tertiary/aromatic N) is 1. The van der Waals surface area contributed by atoms with Crippen LogP contribution in [0.15, 0.2) is 0 Å². The number of rotatable bonds is 3. The van der Waals surface area contributed by atoms with Gasteiger partial charge in [-0.1, -0.05) is 162 Å². The monoisotopic (exact) mass is 791 g/mol. The van der Waals surface area contributed by atoms with E-state index in [4.69, 9.17) is 162 Å². The summed E-state index contributed by atoms with van der Waals surface area (Å²) in [7, 11) is 3.09. The zero-order valence-corrected chi connectivity index (χ0v) is 28.8. The van der Waals surface area contributed by atoms with Crippen LogP contribution in [0, 0.1) is 0 Å². The summed E-state index contributed by atoms with van der Waals surface area (Å²) in [5, 5.41) is 7.90. The molecule has 0 aliphatic carbocycles. The molecule has 204 valence electrons. The maximum atomic E-state index is 10.6. The highest BCUT2D eigenvalue weighted by Crippen LogP contribution is 2.52. The van der Waals surface area contributed by atoms with Crippen molar-refractivity contribution in [1.29, 1.82) is 0 Å². The number of hydrogen-bond donors (Lipinski definition) is 1. The van der Waals surface area contributed by atoms with E-state index in [2.05, 4.69) is 0 Å². The van der Waals surface area contributed by atoms with Crippen LogP contribution >= 0.6 is 162 Å². The van der Waals surface area contributed by atoms with Crippen LogP contribution in [0.5, 0.6) is 0 Å². The van der Waals surface area contributed by atoms with Gasteiger partial charge in [0.05, 0.1) is 75.5 Å². The Morgan fingerprint density at radius 2 is 0.632 bits per heavy atom. The molecule has 0 saturated heterocycles. The van der Waals surface area contributed by atoms with Crippen LogP contribution in [-0.2, 0) is 0 Å². The van der Waals surface area contributed by atoms with Gasteiger partial charge in [0, 0.05) is 36.0 Å². The van der Waals surface area contributed by atoms with Crippen molar-refractivity contribution in [3.05, 3.63) is 91.9 Å². The highest BCUT2D eigenvalue weighted by atomic mass is 35.5. The Balaban J connectivity index is 2.90. The number of aliphatic hydroxyl groups excluding tert-OH is 1. The van der Waals surface area contributed by atoms with Gasteiger partial charge in [0.15, 0.2) is 5.88 Å². The van der Waals surface area contributed by atoms with Gasteiger partial charge in [-0.25, -0.2) is 0 Å². The number of aliphatic hydroxyl groups is 1. The first-order chi connectivity index (χ1) is 17.5. The van der Waals surface area contributed by atoms with Crippen LogP contribution in [0.3, 0.4) is 0 Å². The average Bonchev–Trinajstić information content (AvgIpc) is 2.87. The molecule has 0 aliphatic rings. The summed E-state index contributed by atoms with van der Waals surface area (Å²) in [6.45, 7) is 0. The molecule has 0 radical (unpaired) electrons. The van der Waals surface area contributed by atoms with E-state index in [0.29, 0.717) is 0 Å². The number of hydrogen-bond acceptors (Lipinski definition) is 2. The van der Waals surface area contributed by atoms with Gasteiger partial charge < -0.3 is 10.0 Å². The third kappa shape index (κ3) is 5.56. The lowest BCUT2D eigenvalue weighted by molar-refractivity contribution is 0.362. The normalized spacial score (nSPS) is 11.3. The summed E-state index contributed by atoms with van der Waals surface area (Å²) in [6.07, 6.45) is 0. The summed E-state index contributed by atoms with van der Waals surface area (Å²) in [5.41, 5.74) is -0.225. The molecule has 3 rings (SSSR count). The van der Waals surface area contributed by atoms with E-state index in [9.17, 15) is 5.11 Å². The lowest BCUT2D eigenvalue weighted by atomic mass is 9.94. The fraction of sp³-hybridized carbons (Fsp3) is 0.0909.